The van der Waals surface area contributed by atoms with Gasteiger partial charge in [-0.1, -0.05) is 18.2 Å². The van der Waals surface area contributed by atoms with E-state index in [1.165, 1.54) is 13.1 Å². The molecule has 0 aliphatic rings. The summed E-state index contributed by atoms with van der Waals surface area (Å²) in [6, 6.07) is 6.26. The Hall–Kier alpha value is -2.50. The number of rotatable bonds is 7. The first-order chi connectivity index (χ1) is 13.6. The summed E-state index contributed by atoms with van der Waals surface area (Å²) in [6.07, 6.45) is -8.66. The predicted molar refractivity (Wildman–Crippen MR) is 97.0 cm³/mol. The van der Waals surface area contributed by atoms with E-state index >= 15 is 0 Å². The molecular formula is C17H18F6N4OS. The molecule has 1 aromatic carbocycles. The first kappa shape index (κ1) is 22.8. The molecular weight excluding hydrogens is 422 g/mol. The van der Waals surface area contributed by atoms with Gasteiger partial charge in [-0.2, -0.15) is 26.3 Å². The summed E-state index contributed by atoms with van der Waals surface area (Å²) in [5, 5.41) is 7.12. The second kappa shape index (κ2) is 9.81. The Kier molecular flexibility index (Phi) is 7.71. The topological polar surface area (TPSA) is 58.5 Å². The molecule has 0 aliphatic heterocycles. The average Bonchev–Trinajstić information content (AvgIpc) is 3.12. The van der Waals surface area contributed by atoms with Crippen LogP contribution in [-0.4, -0.2) is 37.3 Å². The largest absolute Gasteiger partial charge is 0.484 e. The summed E-state index contributed by atoms with van der Waals surface area (Å²) in [6.45, 7) is -0.982. The third kappa shape index (κ3) is 7.80. The SMILES string of the molecule is CN=C(NCCc1nc(C(F)(F)F)cs1)NCc1ccccc1OCC(F)(F)F. The highest BCUT2D eigenvalue weighted by Gasteiger charge is 2.33. The van der Waals surface area contributed by atoms with E-state index < -0.39 is 24.7 Å². The molecule has 1 aromatic heterocycles. The van der Waals surface area contributed by atoms with E-state index in [9.17, 15) is 26.3 Å². The summed E-state index contributed by atoms with van der Waals surface area (Å²) in [5.74, 6) is 0.429. The molecule has 0 amide bonds. The van der Waals surface area contributed by atoms with Gasteiger partial charge in [0.2, 0.25) is 0 Å². The number of aliphatic imine (C=N–C) groups is 1. The van der Waals surface area contributed by atoms with E-state index in [2.05, 4.69) is 20.6 Å². The fourth-order valence-corrected chi connectivity index (χ4v) is 3.00. The molecule has 160 valence electrons. The van der Waals surface area contributed by atoms with Crippen LogP contribution in [0.3, 0.4) is 0 Å². The number of nitrogens with zero attached hydrogens (tertiary/aromatic N) is 2. The lowest BCUT2D eigenvalue weighted by Gasteiger charge is -2.15. The first-order valence-corrected chi connectivity index (χ1v) is 9.20. The minimum absolute atomic E-state index is 0.0928. The van der Waals surface area contributed by atoms with Crippen molar-refractivity contribution in [2.24, 2.45) is 4.99 Å². The maximum Gasteiger partial charge on any atom is 0.434 e. The third-order valence-electron chi connectivity index (χ3n) is 3.51. The number of halogens is 6. The second-order valence-corrected chi connectivity index (χ2v) is 6.68. The van der Waals surface area contributed by atoms with E-state index in [1.54, 1.807) is 18.2 Å². The fourth-order valence-electron chi connectivity index (χ4n) is 2.19. The highest BCUT2D eigenvalue weighted by atomic mass is 32.1. The van der Waals surface area contributed by atoms with Crippen LogP contribution in [0.5, 0.6) is 5.75 Å². The van der Waals surface area contributed by atoms with Gasteiger partial charge in [-0.05, 0) is 6.07 Å². The van der Waals surface area contributed by atoms with Crippen LogP contribution in [0, 0.1) is 0 Å². The molecule has 29 heavy (non-hydrogen) atoms. The van der Waals surface area contributed by atoms with Crippen molar-refractivity contribution in [1.82, 2.24) is 15.6 Å². The van der Waals surface area contributed by atoms with Gasteiger partial charge < -0.3 is 15.4 Å². The van der Waals surface area contributed by atoms with Gasteiger partial charge in [0.15, 0.2) is 18.3 Å². The number of guanidine groups is 1. The lowest BCUT2D eigenvalue weighted by atomic mass is 10.2. The molecule has 2 rings (SSSR count). The molecule has 1 heterocycles. The first-order valence-electron chi connectivity index (χ1n) is 8.32. The lowest BCUT2D eigenvalue weighted by molar-refractivity contribution is -0.153. The zero-order chi connectivity index (χ0) is 21.5. The zero-order valence-electron chi connectivity index (χ0n) is 15.2. The van der Waals surface area contributed by atoms with Crippen LogP contribution in [0.2, 0.25) is 0 Å². The van der Waals surface area contributed by atoms with Crippen molar-refractivity contribution in [3.63, 3.8) is 0 Å². The van der Waals surface area contributed by atoms with Crippen molar-refractivity contribution < 1.29 is 31.1 Å². The lowest BCUT2D eigenvalue weighted by Crippen LogP contribution is -2.38. The molecule has 2 aromatic rings. The van der Waals surface area contributed by atoms with Crippen molar-refractivity contribution in [3.05, 3.63) is 45.9 Å². The highest BCUT2D eigenvalue weighted by Crippen LogP contribution is 2.30. The molecule has 0 radical (unpaired) electrons. The van der Waals surface area contributed by atoms with Gasteiger partial charge in [0, 0.05) is 37.5 Å². The van der Waals surface area contributed by atoms with Crippen molar-refractivity contribution in [1.29, 1.82) is 0 Å². The Morgan fingerprint density at radius 2 is 1.86 bits per heavy atom. The molecule has 0 bridgehead atoms. The average molecular weight is 440 g/mol. The van der Waals surface area contributed by atoms with E-state index in [0.29, 0.717) is 16.5 Å². The third-order valence-corrected chi connectivity index (χ3v) is 4.42. The van der Waals surface area contributed by atoms with Gasteiger partial charge in [0.05, 0.1) is 5.01 Å². The number of hydrogen-bond acceptors (Lipinski definition) is 4. The van der Waals surface area contributed by atoms with Crippen LogP contribution in [-0.2, 0) is 19.1 Å². The van der Waals surface area contributed by atoms with Gasteiger partial charge in [0.1, 0.15) is 5.75 Å². The zero-order valence-corrected chi connectivity index (χ0v) is 16.0. The second-order valence-electron chi connectivity index (χ2n) is 5.74. The van der Waals surface area contributed by atoms with E-state index in [4.69, 9.17) is 4.74 Å². The molecule has 0 saturated carbocycles. The number of benzene rings is 1. The maximum atomic E-state index is 12.5. The Balaban J connectivity index is 1.84. The van der Waals surface area contributed by atoms with E-state index in [-0.39, 0.29) is 25.3 Å². The van der Waals surface area contributed by atoms with Gasteiger partial charge >= 0.3 is 12.4 Å². The molecule has 0 aliphatic carbocycles. The minimum Gasteiger partial charge on any atom is -0.484 e. The van der Waals surface area contributed by atoms with Crippen LogP contribution in [0.4, 0.5) is 26.3 Å². The predicted octanol–water partition coefficient (Wildman–Crippen LogP) is 4.01. The molecule has 12 heteroatoms. The number of ether oxygens (including phenoxy) is 1. The summed E-state index contributed by atoms with van der Waals surface area (Å²) < 4.78 is 79.5. The smallest absolute Gasteiger partial charge is 0.434 e. The summed E-state index contributed by atoms with van der Waals surface area (Å²) in [5.41, 5.74) is -0.426. The molecule has 0 spiro atoms. The normalized spacial score (nSPS) is 12.7. The summed E-state index contributed by atoms with van der Waals surface area (Å²) >= 11 is 0.915. The number of nitrogens with one attached hydrogen (secondary N) is 2. The maximum absolute atomic E-state index is 12.5. The standard InChI is InChI=1S/C17H18F6N4OS/c1-24-15(25-7-6-14-27-13(9-29-14)17(21,22)23)26-8-11-4-2-3-5-12(11)28-10-16(18,19)20/h2-5,9H,6-8,10H2,1H3,(H2,24,25,26). The summed E-state index contributed by atoms with van der Waals surface area (Å²) in [4.78, 5) is 7.50. The van der Waals surface area contributed by atoms with Crippen LogP contribution < -0.4 is 15.4 Å². The Labute approximate surface area is 166 Å². The molecule has 0 saturated heterocycles. The van der Waals surface area contributed by atoms with E-state index in [0.717, 1.165) is 16.7 Å². The van der Waals surface area contributed by atoms with Crippen molar-refractivity contribution >= 4 is 17.3 Å². The van der Waals surface area contributed by atoms with Crippen molar-refractivity contribution in [2.75, 3.05) is 20.2 Å². The number of hydrogen-bond donors (Lipinski definition) is 2. The molecule has 0 unspecified atom stereocenters. The Bertz CT molecular complexity index is 819. The van der Waals surface area contributed by atoms with E-state index in [1.807, 2.05) is 0 Å². The summed E-state index contributed by atoms with van der Waals surface area (Å²) in [7, 11) is 1.49. The monoisotopic (exact) mass is 440 g/mol. The number of alkyl halides is 6. The van der Waals surface area contributed by atoms with Gasteiger partial charge in [0.25, 0.3) is 0 Å². The fraction of sp³-hybridized carbons (Fsp3) is 0.412. The van der Waals surface area contributed by atoms with Gasteiger partial charge in [-0.3, -0.25) is 4.99 Å². The molecule has 2 N–H and O–H groups in total. The quantitative estimate of drug-likeness (QED) is 0.388. The highest BCUT2D eigenvalue weighted by molar-refractivity contribution is 7.09. The number of thiazole rings is 1. The van der Waals surface area contributed by atoms with Crippen molar-refractivity contribution in [3.8, 4) is 5.75 Å². The molecule has 0 fully saturated rings. The van der Waals surface area contributed by atoms with Gasteiger partial charge in [-0.15, -0.1) is 11.3 Å². The van der Waals surface area contributed by atoms with Crippen LogP contribution >= 0.6 is 11.3 Å². The van der Waals surface area contributed by atoms with Crippen LogP contribution in [0.1, 0.15) is 16.3 Å². The Morgan fingerprint density at radius 3 is 2.48 bits per heavy atom. The molecule has 0 atom stereocenters. The molecule has 5 nitrogen and oxygen atoms in total. The number of para-hydroxylation sites is 1. The van der Waals surface area contributed by atoms with Gasteiger partial charge in [-0.25, -0.2) is 4.98 Å². The minimum atomic E-state index is -4.47. The van der Waals surface area contributed by atoms with Crippen LogP contribution in [0.15, 0.2) is 34.6 Å². The van der Waals surface area contributed by atoms with Crippen LogP contribution in [0.25, 0.3) is 0 Å². The van der Waals surface area contributed by atoms with Crippen molar-refractivity contribution in [2.45, 2.75) is 25.3 Å². The Morgan fingerprint density at radius 1 is 1.14 bits per heavy atom. The number of aromatic nitrogens is 1.